The number of rotatable bonds is 5. The second kappa shape index (κ2) is 4.28. The maximum atomic E-state index is 13.1. The molecule has 0 saturated heterocycles. The average molecular weight is 270 g/mol. The Morgan fingerprint density at radius 1 is 0.765 bits per heavy atom. The fourth-order valence-electron chi connectivity index (χ4n) is 0.758. The van der Waals surface area contributed by atoms with Crippen molar-refractivity contribution < 1.29 is 39.9 Å². The number of halogens is 8. The molecule has 0 radical (unpaired) electrons. The summed E-state index contributed by atoms with van der Waals surface area (Å²) in [4.78, 5) is 0. The van der Waals surface area contributed by atoms with Crippen LogP contribution < -0.4 is 0 Å². The molecule has 1 unspecified atom stereocenters. The molecule has 0 rings (SSSR count). The molecule has 0 aromatic heterocycles. The Morgan fingerprint density at radius 3 is 1.41 bits per heavy atom. The van der Waals surface area contributed by atoms with Crippen molar-refractivity contribution in [3.05, 3.63) is 25.3 Å². The molecule has 100 valence electrons. The Labute approximate surface area is 90.4 Å². The van der Waals surface area contributed by atoms with Gasteiger partial charge in [0.2, 0.25) is 0 Å². The van der Waals surface area contributed by atoms with Crippen molar-refractivity contribution in [2.75, 3.05) is 0 Å². The van der Waals surface area contributed by atoms with Crippen LogP contribution in [0.5, 0.6) is 0 Å². The van der Waals surface area contributed by atoms with Gasteiger partial charge in [-0.3, -0.25) is 0 Å². The summed E-state index contributed by atoms with van der Waals surface area (Å²) in [5.74, 6) is -16.2. The zero-order valence-corrected chi connectivity index (χ0v) is 8.00. The van der Waals surface area contributed by atoms with E-state index in [4.69, 9.17) is 0 Å². The molecule has 0 saturated carbocycles. The zero-order valence-electron chi connectivity index (χ0n) is 8.00. The molecule has 0 aromatic rings. The highest BCUT2D eigenvalue weighted by atomic mass is 19.4. The lowest BCUT2D eigenvalue weighted by Gasteiger charge is -2.34. The van der Waals surface area contributed by atoms with Crippen LogP contribution >= 0.6 is 0 Å². The van der Waals surface area contributed by atoms with Gasteiger partial charge in [0, 0.05) is 0 Å². The summed E-state index contributed by atoms with van der Waals surface area (Å²) in [6.07, 6.45) is -7.27. The van der Waals surface area contributed by atoms with Crippen LogP contribution in [0.2, 0.25) is 0 Å². The van der Waals surface area contributed by atoms with Crippen molar-refractivity contribution in [1.82, 2.24) is 0 Å². The lowest BCUT2D eigenvalue weighted by atomic mass is 10.0. The molecule has 0 heterocycles. The molecule has 0 aliphatic rings. The van der Waals surface area contributed by atoms with Gasteiger partial charge < -0.3 is 0 Å². The van der Waals surface area contributed by atoms with Gasteiger partial charge in [-0.15, -0.1) is 13.2 Å². The molecule has 17 heavy (non-hydrogen) atoms. The highest BCUT2D eigenvalue weighted by Crippen LogP contribution is 2.48. The first-order valence-corrected chi connectivity index (χ1v) is 3.81. The molecule has 0 aliphatic carbocycles. The van der Waals surface area contributed by atoms with Crippen molar-refractivity contribution >= 4 is 0 Å². The van der Waals surface area contributed by atoms with E-state index in [0.29, 0.717) is 0 Å². The summed E-state index contributed by atoms with van der Waals surface area (Å²) in [5, 5.41) is 0. The quantitative estimate of drug-likeness (QED) is 0.545. The van der Waals surface area contributed by atoms with E-state index >= 15 is 0 Å². The van der Waals surface area contributed by atoms with Gasteiger partial charge in [0.1, 0.15) is 0 Å². The molecular weight excluding hydrogens is 264 g/mol. The van der Waals surface area contributed by atoms with Crippen LogP contribution in [-0.2, 0) is 4.74 Å². The molecule has 0 bridgehead atoms. The highest BCUT2D eigenvalue weighted by Gasteiger charge is 2.71. The summed E-state index contributed by atoms with van der Waals surface area (Å²) in [6, 6.07) is 0. The topological polar surface area (TPSA) is 9.23 Å². The number of allylic oxidation sites excluding steroid dienone is 1. The highest BCUT2D eigenvalue weighted by molar-refractivity contribution is 5.11. The Bertz CT molecular complexity index is 307. The second-order valence-electron chi connectivity index (χ2n) is 2.80. The van der Waals surface area contributed by atoms with Crippen molar-refractivity contribution in [3.8, 4) is 0 Å². The van der Waals surface area contributed by atoms with Crippen LogP contribution in [0, 0.1) is 0 Å². The summed E-state index contributed by atoms with van der Waals surface area (Å²) < 4.78 is 101. The SMILES string of the molecule is C=CC(F)(F)C(F)(F)C(F)(C=C)OC(F)(F)F. The van der Waals surface area contributed by atoms with Crippen LogP contribution in [0.25, 0.3) is 0 Å². The predicted molar refractivity (Wildman–Crippen MR) is 41.3 cm³/mol. The maximum absolute atomic E-state index is 13.1. The molecule has 1 atom stereocenters. The summed E-state index contributed by atoms with van der Waals surface area (Å²) in [5.41, 5.74) is 0. The first kappa shape index (κ1) is 15.9. The Kier molecular flexibility index (Phi) is 4.00. The predicted octanol–water partition coefficient (Wildman–Crippen LogP) is 3.83. The summed E-state index contributed by atoms with van der Waals surface area (Å²) in [7, 11) is 0. The van der Waals surface area contributed by atoms with Gasteiger partial charge in [-0.25, -0.2) is 4.74 Å². The minimum atomic E-state index is -5.89. The lowest BCUT2D eigenvalue weighted by Crippen LogP contribution is -2.57. The van der Waals surface area contributed by atoms with Crippen LogP contribution in [0.15, 0.2) is 25.3 Å². The fraction of sp³-hybridized carbons (Fsp3) is 0.500. The standard InChI is InChI=1S/C8H6F8O/c1-3-5(9,10)7(12,13)6(11,4-2)17-8(14,15)16/h3-4H,1-2H2. The van der Waals surface area contributed by atoms with E-state index in [1.807, 2.05) is 0 Å². The Hall–Kier alpha value is -1.12. The van der Waals surface area contributed by atoms with E-state index in [9.17, 15) is 35.1 Å². The normalized spacial score (nSPS) is 17.4. The van der Waals surface area contributed by atoms with Gasteiger partial charge in [0.15, 0.2) is 0 Å². The Balaban J connectivity index is 5.51. The van der Waals surface area contributed by atoms with Gasteiger partial charge in [-0.1, -0.05) is 13.2 Å². The molecule has 0 spiro atoms. The number of alkyl halides is 8. The smallest absolute Gasteiger partial charge is 0.244 e. The van der Waals surface area contributed by atoms with Gasteiger partial charge in [0.05, 0.1) is 0 Å². The van der Waals surface area contributed by atoms with Crippen molar-refractivity contribution in [1.29, 1.82) is 0 Å². The first-order chi connectivity index (χ1) is 7.33. The van der Waals surface area contributed by atoms with Gasteiger partial charge in [-0.2, -0.15) is 22.0 Å². The summed E-state index contributed by atoms with van der Waals surface area (Å²) >= 11 is 0. The number of ether oxygens (including phenoxy) is 1. The third-order valence-corrected chi connectivity index (χ3v) is 1.63. The monoisotopic (exact) mass is 270 g/mol. The minimum Gasteiger partial charge on any atom is -0.244 e. The lowest BCUT2D eigenvalue weighted by molar-refractivity contribution is -0.430. The van der Waals surface area contributed by atoms with E-state index in [0.717, 1.165) is 0 Å². The van der Waals surface area contributed by atoms with E-state index in [2.05, 4.69) is 17.9 Å². The van der Waals surface area contributed by atoms with Crippen LogP contribution in [-0.4, -0.2) is 24.1 Å². The maximum Gasteiger partial charge on any atom is 0.525 e. The average Bonchev–Trinajstić information content (AvgIpc) is 2.14. The third-order valence-electron chi connectivity index (χ3n) is 1.63. The minimum absolute atomic E-state index is 0.690. The van der Waals surface area contributed by atoms with Crippen molar-refractivity contribution in [2.24, 2.45) is 0 Å². The largest absolute Gasteiger partial charge is 0.525 e. The first-order valence-electron chi connectivity index (χ1n) is 3.81. The number of hydrogen-bond acceptors (Lipinski definition) is 1. The number of hydrogen-bond donors (Lipinski definition) is 0. The van der Waals surface area contributed by atoms with E-state index in [1.165, 1.54) is 0 Å². The molecule has 0 fully saturated rings. The van der Waals surface area contributed by atoms with Crippen LogP contribution in [0.1, 0.15) is 0 Å². The van der Waals surface area contributed by atoms with Crippen LogP contribution in [0.3, 0.4) is 0 Å². The van der Waals surface area contributed by atoms with E-state index < -0.39 is 36.2 Å². The molecule has 0 aromatic carbocycles. The van der Waals surface area contributed by atoms with Gasteiger partial charge in [0.25, 0.3) is 0 Å². The van der Waals surface area contributed by atoms with Crippen LogP contribution in [0.4, 0.5) is 35.1 Å². The fourth-order valence-corrected chi connectivity index (χ4v) is 0.758. The van der Waals surface area contributed by atoms with E-state index in [1.54, 1.807) is 0 Å². The molecule has 1 nitrogen and oxygen atoms in total. The van der Waals surface area contributed by atoms with Crippen molar-refractivity contribution in [3.63, 3.8) is 0 Å². The van der Waals surface area contributed by atoms with Gasteiger partial charge in [-0.05, 0) is 12.2 Å². The molecule has 0 amide bonds. The second-order valence-corrected chi connectivity index (χ2v) is 2.80. The van der Waals surface area contributed by atoms with E-state index in [-0.39, 0.29) is 0 Å². The van der Waals surface area contributed by atoms with Crippen molar-refractivity contribution in [2.45, 2.75) is 24.1 Å². The molecule has 9 heteroatoms. The third kappa shape index (κ3) is 2.96. The Morgan fingerprint density at radius 2 is 1.18 bits per heavy atom. The zero-order chi connectivity index (χ0) is 14.1. The van der Waals surface area contributed by atoms with Gasteiger partial charge >= 0.3 is 24.1 Å². The molecular formula is C8H6F8O. The summed E-state index contributed by atoms with van der Waals surface area (Å²) in [6.45, 7) is 4.56. The molecule has 0 N–H and O–H groups in total. The molecule has 0 aliphatic heterocycles.